The number of phenols is 1. The molecule has 1 aliphatic rings. The highest BCUT2D eigenvalue weighted by Crippen LogP contribution is 2.33. The summed E-state index contributed by atoms with van der Waals surface area (Å²) in [5.41, 5.74) is 2.35. The van der Waals surface area contributed by atoms with Crippen LogP contribution < -0.4 is 15.2 Å². The van der Waals surface area contributed by atoms with Crippen molar-refractivity contribution in [2.24, 2.45) is 0 Å². The molecule has 8 nitrogen and oxygen atoms in total. The molecule has 4 aromatic rings. The number of aliphatic hydroxyl groups is 1. The Morgan fingerprint density at radius 2 is 1.62 bits per heavy atom. The summed E-state index contributed by atoms with van der Waals surface area (Å²) >= 11 is 6.03. The number of anilines is 1. The molecule has 0 bridgehead atoms. The molecule has 0 spiro atoms. The number of hydrogen-bond donors (Lipinski definition) is 2. The van der Waals surface area contributed by atoms with Crippen LogP contribution in [-0.4, -0.2) is 64.2 Å². The Labute approximate surface area is 219 Å². The summed E-state index contributed by atoms with van der Waals surface area (Å²) in [5.74, 6) is 0.861. The Morgan fingerprint density at radius 3 is 2.30 bits per heavy atom. The first-order chi connectivity index (χ1) is 18.0. The third-order valence-corrected chi connectivity index (χ3v) is 6.66. The third-order valence-electron chi connectivity index (χ3n) is 6.40. The maximum Gasteiger partial charge on any atom is 0.316 e. The van der Waals surface area contributed by atoms with Crippen LogP contribution in [0.4, 0.5) is 5.69 Å². The number of phenolic OH excluding ortho intramolecular Hbond substituents is 1. The number of benzene rings is 3. The lowest BCUT2D eigenvalue weighted by Crippen LogP contribution is -2.47. The van der Waals surface area contributed by atoms with Crippen LogP contribution >= 0.6 is 11.6 Å². The van der Waals surface area contributed by atoms with Crippen molar-refractivity contribution in [1.82, 2.24) is 14.7 Å². The van der Waals surface area contributed by atoms with Gasteiger partial charge in [-0.25, -0.2) is 0 Å². The SMILES string of the molecule is O=c1c(Oc2ccc(-c3ccccc3O)cc2)c(N2CCN(CCO)CC2)cnn1-c1ccc(Cl)cc1. The van der Waals surface area contributed by atoms with Crippen molar-refractivity contribution in [3.05, 3.63) is 94.4 Å². The van der Waals surface area contributed by atoms with Crippen LogP contribution in [0.1, 0.15) is 0 Å². The topological polar surface area (TPSA) is 91.1 Å². The monoisotopic (exact) mass is 518 g/mol. The maximum absolute atomic E-state index is 13.7. The third kappa shape index (κ3) is 5.46. The number of aliphatic hydroxyl groups excluding tert-OH is 1. The van der Waals surface area contributed by atoms with Gasteiger partial charge in [-0.3, -0.25) is 9.69 Å². The van der Waals surface area contributed by atoms with Crippen LogP contribution in [0.2, 0.25) is 5.02 Å². The number of halogens is 1. The second-order valence-electron chi connectivity index (χ2n) is 8.75. The summed E-state index contributed by atoms with van der Waals surface area (Å²) in [6, 6.07) is 21.2. The smallest absolute Gasteiger partial charge is 0.316 e. The van der Waals surface area contributed by atoms with Crippen molar-refractivity contribution in [2.75, 3.05) is 44.2 Å². The van der Waals surface area contributed by atoms with Gasteiger partial charge in [0.25, 0.3) is 0 Å². The molecule has 3 aromatic carbocycles. The normalized spacial score (nSPS) is 14.1. The number of piperazine rings is 1. The van der Waals surface area contributed by atoms with Crippen molar-refractivity contribution in [3.8, 4) is 34.1 Å². The quantitative estimate of drug-likeness (QED) is 0.379. The minimum absolute atomic E-state index is 0.115. The minimum atomic E-state index is -0.387. The zero-order valence-electron chi connectivity index (χ0n) is 20.1. The summed E-state index contributed by atoms with van der Waals surface area (Å²) in [4.78, 5) is 17.9. The Morgan fingerprint density at radius 1 is 0.919 bits per heavy atom. The standard InChI is InChI=1S/C28H27ClN4O4/c29-21-7-9-22(10-8-21)33-28(36)27(25(19-30-33)32-15-13-31(14-16-32)17-18-34)37-23-11-5-20(6-12-23)24-3-1-2-4-26(24)35/h1-12,19,34-35H,13-18H2. The first-order valence-corrected chi connectivity index (χ1v) is 12.4. The molecule has 5 rings (SSSR count). The summed E-state index contributed by atoms with van der Waals surface area (Å²) in [7, 11) is 0. The van der Waals surface area contributed by atoms with Gasteiger partial charge in [0, 0.05) is 43.3 Å². The molecule has 1 fully saturated rings. The first-order valence-electron chi connectivity index (χ1n) is 12.1. The van der Waals surface area contributed by atoms with Crippen LogP contribution in [-0.2, 0) is 0 Å². The van der Waals surface area contributed by atoms with Crippen LogP contribution in [0.25, 0.3) is 16.8 Å². The fourth-order valence-corrected chi connectivity index (χ4v) is 4.53. The zero-order valence-corrected chi connectivity index (χ0v) is 20.9. The van der Waals surface area contributed by atoms with E-state index in [1.54, 1.807) is 54.7 Å². The predicted molar refractivity (Wildman–Crippen MR) is 144 cm³/mol. The van der Waals surface area contributed by atoms with Gasteiger partial charge in [-0.05, 0) is 48.0 Å². The van der Waals surface area contributed by atoms with E-state index in [0.717, 1.165) is 18.7 Å². The number of rotatable bonds is 7. The second-order valence-corrected chi connectivity index (χ2v) is 9.18. The number of β-amino-alcohol motifs (C(OH)–C–C–N with tert-alkyl or cyclic N) is 1. The van der Waals surface area contributed by atoms with E-state index in [2.05, 4.69) is 14.9 Å². The number of aromatic hydroxyl groups is 1. The molecule has 0 unspecified atom stereocenters. The van der Waals surface area contributed by atoms with Crippen molar-refractivity contribution < 1.29 is 14.9 Å². The van der Waals surface area contributed by atoms with Crippen LogP contribution in [0.15, 0.2) is 83.8 Å². The Hall–Kier alpha value is -3.85. The van der Waals surface area contributed by atoms with E-state index in [0.29, 0.717) is 47.3 Å². The largest absolute Gasteiger partial charge is 0.507 e. The lowest BCUT2D eigenvalue weighted by atomic mass is 10.0. The molecule has 2 N–H and O–H groups in total. The molecular formula is C28H27ClN4O4. The molecule has 9 heteroatoms. The lowest BCUT2D eigenvalue weighted by Gasteiger charge is -2.36. The second kappa shape index (κ2) is 11.0. The number of aromatic nitrogens is 2. The highest BCUT2D eigenvalue weighted by molar-refractivity contribution is 6.30. The number of para-hydroxylation sites is 1. The molecule has 1 saturated heterocycles. The van der Waals surface area contributed by atoms with Gasteiger partial charge in [-0.1, -0.05) is 41.9 Å². The molecule has 0 atom stereocenters. The molecule has 190 valence electrons. The van der Waals surface area contributed by atoms with E-state index < -0.39 is 0 Å². The average molecular weight is 519 g/mol. The number of ether oxygens (including phenoxy) is 1. The van der Waals surface area contributed by atoms with Crippen LogP contribution in [0.3, 0.4) is 0 Å². The Bertz CT molecular complexity index is 1420. The summed E-state index contributed by atoms with van der Waals surface area (Å²) in [5, 5.41) is 24.4. The average Bonchev–Trinajstić information content (AvgIpc) is 2.92. The van der Waals surface area contributed by atoms with Gasteiger partial charge < -0.3 is 19.8 Å². The summed E-state index contributed by atoms with van der Waals surface area (Å²) < 4.78 is 7.52. The number of hydrogen-bond acceptors (Lipinski definition) is 7. The van der Waals surface area contributed by atoms with Crippen molar-refractivity contribution in [2.45, 2.75) is 0 Å². The van der Waals surface area contributed by atoms with Gasteiger partial charge in [0.05, 0.1) is 18.5 Å². The van der Waals surface area contributed by atoms with E-state index in [1.807, 2.05) is 24.3 Å². The minimum Gasteiger partial charge on any atom is -0.507 e. The molecular weight excluding hydrogens is 492 g/mol. The highest BCUT2D eigenvalue weighted by atomic mass is 35.5. The van der Waals surface area contributed by atoms with Crippen molar-refractivity contribution >= 4 is 17.3 Å². The number of nitrogens with zero attached hydrogens (tertiary/aromatic N) is 4. The molecule has 1 aliphatic heterocycles. The Kier molecular flexibility index (Phi) is 7.41. The highest BCUT2D eigenvalue weighted by Gasteiger charge is 2.24. The molecule has 2 heterocycles. The van der Waals surface area contributed by atoms with Gasteiger partial charge in [0.1, 0.15) is 17.2 Å². The van der Waals surface area contributed by atoms with Crippen LogP contribution in [0, 0.1) is 0 Å². The molecule has 37 heavy (non-hydrogen) atoms. The Balaban J connectivity index is 1.49. The van der Waals surface area contributed by atoms with Gasteiger partial charge in [-0.15, -0.1) is 0 Å². The molecule has 0 amide bonds. The van der Waals surface area contributed by atoms with E-state index in [4.69, 9.17) is 16.3 Å². The van der Waals surface area contributed by atoms with Crippen LogP contribution in [0.5, 0.6) is 17.2 Å². The molecule has 0 radical (unpaired) electrons. The fourth-order valence-electron chi connectivity index (χ4n) is 4.41. The molecule has 0 saturated carbocycles. The summed E-state index contributed by atoms with van der Waals surface area (Å²) in [6.07, 6.45) is 1.66. The van der Waals surface area contributed by atoms with Gasteiger partial charge >= 0.3 is 5.56 Å². The van der Waals surface area contributed by atoms with Crippen molar-refractivity contribution in [3.63, 3.8) is 0 Å². The summed E-state index contributed by atoms with van der Waals surface area (Å²) in [6.45, 7) is 3.61. The predicted octanol–water partition coefficient (Wildman–Crippen LogP) is 4.17. The van der Waals surface area contributed by atoms with Crippen molar-refractivity contribution in [1.29, 1.82) is 0 Å². The van der Waals surface area contributed by atoms with E-state index >= 15 is 0 Å². The maximum atomic E-state index is 13.7. The lowest BCUT2D eigenvalue weighted by molar-refractivity contribution is 0.188. The van der Waals surface area contributed by atoms with E-state index in [1.165, 1.54) is 4.68 Å². The van der Waals surface area contributed by atoms with E-state index in [-0.39, 0.29) is 23.7 Å². The zero-order chi connectivity index (χ0) is 25.8. The van der Waals surface area contributed by atoms with Gasteiger partial charge in [-0.2, -0.15) is 9.78 Å². The van der Waals surface area contributed by atoms with Gasteiger partial charge in [0.2, 0.25) is 5.75 Å². The molecule has 0 aliphatic carbocycles. The molecule has 1 aromatic heterocycles. The van der Waals surface area contributed by atoms with E-state index in [9.17, 15) is 15.0 Å². The first kappa shape index (κ1) is 24.8. The van der Waals surface area contributed by atoms with Gasteiger partial charge in [0.15, 0.2) is 0 Å². The fraction of sp³-hybridized carbons (Fsp3) is 0.214.